The van der Waals surface area contributed by atoms with Crippen molar-refractivity contribution in [2.45, 2.75) is 37.3 Å². The Labute approximate surface area is 95.8 Å². The van der Waals surface area contributed by atoms with E-state index in [2.05, 4.69) is 23.1 Å². The van der Waals surface area contributed by atoms with Gasteiger partial charge in [-0.05, 0) is 19.3 Å². The van der Waals surface area contributed by atoms with E-state index in [1.165, 1.54) is 0 Å². The molecule has 1 fully saturated rings. The molecule has 3 heteroatoms. The van der Waals surface area contributed by atoms with Crippen LogP contribution in [0.1, 0.15) is 25.7 Å². The molecule has 3 aliphatic rings. The Kier molecular flexibility index (Phi) is 2.36. The molecular weight excluding hydrogens is 202 g/mol. The molecule has 86 valence electrons. The number of carbonyl (C=O) groups excluding carboxylic acids is 1. The fourth-order valence-corrected chi connectivity index (χ4v) is 3.17. The lowest BCUT2D eigenvalue weighted by Crippen LogP contribution is -2.52. The number of carbonyl (C=O) groups is 1. The van der Waals surface area contributed by atoms with Crippen molar-refractivity contribution in [1.82, 2.24) is 4.90 Å². The Morgan fingerprint density at radius 1 is 1.38 bits per heavy atom. The first-order chi connectivity index (χ1) is 7.82. The van der Waals surface area contributed by atoms with Crippen LogP contribution in [0.4, 0.5) is 0 Å². The highest BCUT2D eigenvalue weighted by atomic mass is 16.5. The lowest BCUT2D eigenvalue weighted by atomic mass is 9.95. The minimum Gasteiger partial charge on any atom is -0.375 e. The summed E-state index contributed by atoms with van der Waals surface area (Å²) >= 11 is 0. The van der Waals surface area contributed by atoms with E-state index in [9.17, 15) is 4.79 Å². The van der Waals surface area contributed by atoms with E-state index < -0.39 is 0 Å². The van der Waals surface area contributed by atoms with Gasteiger partial charge >= 0.3 is 0 Å². The number of fused-ring (bicyclic) bond motifs is 2. The van der Waals surface area contributed by atoms with Gasteiger partial charge in [0.05, 0.1) is 18.8 Å². The summed E-state index contributed by atoms with van der Waals surface area (Å²) in [5.74, 6) is 0.256. The molecule has 0 radical (unpaired) electrons. The van der Waals surface area contributed by atoms with Gasteiger partial charge in [0.2, 0.25) is 5.91 Å². The van der Waals surface area contributed by atoms with E-state index in [0.717, 1.165) is 19.3 Å². The van der Waals surface area contributed by atoms with Crippen molar-refractivity contribution >= 4 is 5.91 Å². The predicted molar refractivity (Wildman–Crippen MR) is 60.9 cm³/mol. The molecule has 0 saturated carbocycles. The molecule has 1 amide bonds. The van der Waals surface area contributed by atoms with E-state index in [4.69, 9.17) is 4.74 Å². The number of rotatable bonds is 0. The zero-order valence-electron chi connectivity index (χ0n) is 9.39. The van der Waals surface area contributed by atoms with E-state index >= 15 is 0 Å². The molecule has 0 N–H and O–H groups in total. The lowest BCUT2D eigenvalue weighted by molar-refractivity contribution is -0.137. The standard InChI is InChI=1S/C13H17NO2/c15-12-5-2-1-4-11-6-8-13(14(11)12)7-3-9-16-10-13/h1-3,7,11H,4-6,8-10H2/t11-,13+/m0/s1. The minimum absolute atomic E-state index is 0.133. The normalized spacial score (nSPS) is 37.9. The molecule has 1 saturated heterocycles. The van der Waals surface area contributed by atoms with Crippen LogP contribution in [0, 0.1) is 0 Å². The summed E-state index contributed by atoms with van der Waals surface area (Å²) in [5.41, 5.74) is -0.133. The molecule has 16 heavy (non-hydrogen) atoms. The predicted octanol–water partition coefficient (Wildman–Crippen LogP) is 1.65. The Morgan fingerprint density at radius 2 is 2.31 bits per heavy atom. The van der Waals surface area contributed by atoms with Gasteiger partial charge in [0.1, 0.15) is 0 Å². The fraction of sp³-hybridized carbons (Fsp3) is 0.615. The van der Waals surface area contributed by atoms with Crippen LogP contribution in [0.2, 0.25) is 0 Å². The number of ether oxygens (including phenoxy) is 1. The SMILES string of the molecule is O=C1CC=CC[C@H]2CC[C@@]3(C=CCOC3)N12. The van der Waals surface area contributed by atoms with Crippen LogP contribution in [0.15, 0.2) is 24.3 Å². The Bertz CT molecular complexity index is 361. The maximum atomic E-state index is 12.2. The summed E-state index contributed by atoms with van der Waals surface area (Å²) in [6.07, 6.45) is 12.1. The second-order valence-electron chi connectivity index (χ2n) is 4.89. The van der Waals surface area contributed by atoms with Gasteiger partial charge in [0, 0.05) is 12.5 Å². The second kappa shape index (κ2) is 3.74. The maximum Gasteiger partial charge on any atom is 0.227 e. The molecule has 3 rings (SSSR count). The fourth-order valence-electron chi connectivity index (χ4n) is 3.17. The van der Waals surface area contributed by atoms with Gasteiger partial charge in [-0.25, -0.2) is 0 Å². The second-order valence-corrected chi connectivity index (χ2v) is 4.89. The third kappa shape index (κ3) is 1.42. The molecular formula is C13H17NO2. The number of nitrogens with zero attached hydrogens (tertiary/aromatic N) is 1. The largest absolute Gasteiger partial charge is 0.375 e. The third-order valence-corrected chi connectivity index (χ3v) is 3.89. The number of amides is 1. The highest BCUT2D eigenvalue weighted by Crippen LogP contribution is 2.39. The first-order valence-corrected chi connectivity index (χ1v) is 6.04. The van der Waals surface area contributed by atoms with Crippen LogP contribution in [0.5, 0.6) is 0 Å². The molecule has 0 unspecified atom stereocenters. The molecule has 0 aromatic carbocycles. The molecule has 3 heterocycles. The van der Waals surface area contributed by atoms with Crippen molar-refractivity contribution in [3.05, 3.63) is 24.3 Å². The van der Waals surface area contributed by atoms with Crippen LogP contribution in [-0.2, 0) is 9.53 Å². The van der Waals surface area contributed by atoms with E-state index in [1.54, 1.807) is 0 Å². The van der Waals surface area contributed by atoms with Gasteiger partial charge in [-0.1, -0.05) is 24.3 Å². The zero-order chi connectivity index (χ0) is 11.0. The lowest BCUT2D eigenvalue weighted by Gasteiger charge is -2.40. The molecule has 0 aromatic rings. The van der Waals surface area contributed by atoms with Crippen molar-refractivity contribution < 1.29 is 9.53 Å². The number of hydrogen-bond acceptors (Lipinski definition) is 2. The van der Waals surface area contributed by atoms with Crippen LogP contribution < -0.4 is 0 Å². The highest BCUT2D eigenvalue weighted by Gasteiger charge is 2.47. The van der Waals surface area contributed by atoms with Crippen molar-refractivity contribution in [1.29, 1.82) is 0 Å². The Morgan fingerprint density at radius 3 is 3.12 bits per heavy atom. The minimum atomic E-state index is -0.133. The average molecular weight is 219 g/mol. The first kappa shape index (κ1) is 10.1. The maximum absolute atomic E-state index is 12.2. The van der Waals surface area contributed by atoms with E-state index in [0.29, 0.717) is 25.7 Å². The quantitative estimate of drug-likeness (QED) is 0.580. The smallest absolute Gasteiger partial charge is 0.227 e. The summed E-state index contributed by atoms with van der Waals surface area (Å²) < 4.78 is 5.54. The molecule has 0 bridgehead atoms. The Balaban J connectivity index is 1.95. The van der Waals surface area contributed by atoms with Crippen LogP contribution >= 0.6 is 0 Å². The molecule has 2 atom stereocenters. The van der Waals surface area contributed by atoms with Crippen molar-refractivity contribution in [2.75, 3.05) is 13.2 Å². The van der Waals surface area contributed by atoms with Gasteiger partial charge in [0.15, 0.2) is 0 Å². The molecule has 3 aliphatic heterocycles. The van der Waals surface area contributed by atoms with Crippen LogP contribution in [0.3, 0.4) is 0 Å². The van der Waals surface area contributed by atoms with Gasteiger partial charge in [-0.3, -0.25) is 4.79 Å². The topological polar surface area (TPSA) is 29.5 Å². The molecule has 1 spiro atoms. The van der Waals surface area contributed by atoms with Gasteiger partial charge in [-0.15, -0.1) is 0 Å². The molecule has 0 aliphatic carbocycles. The van der Waals surface area contributed by atoms with E-state index in [1.807, 2.05) is 6.08 Å². The van der Waals surface area contributed by atoms with Gasteiger partial charge < -0.3 is 9.64 Å². The van der Waals surface area contributed by atoms with Crippen molar-refractivity contribution in [2.24, 2.45) is 0 Å². The average Bonchev–Trinajstić information content (AvgIpc) is 2.52. The van der Waals surface area contributed by atoms with Crippen LogP contribution in [0.25, 0.3) is 0 Å². The summed E-state index contributed by atoms with van der Waals surface area (Å²) in [5, 5.41) is 0. The zero-order valence-corrected chi connectivity index (χ0v) is 9.39. The monoisotopic (exact) mass is 219 g/mol. The van der Waals surface area contributed by atoms with Gasteiger partial charge in [-0.2, -0.15) is 0 Å². The number of hydrogen-bond donors (Lipinski definition) is 0. The summed E-state index contributed by atoms with van der Waals surface area (Å²) in [6, 6.07) is 0.387. The molecule has 0 aromatic heterocycles. The summed E-state index contributed by atoms with van der Waals surface area (Å²) in [7, 11) is 0. The highest BCUT2D eigenvalue weighted by molar-refractivity contribution is 5.80. The Hall–Kier alpha value is -1.09. The summed E-state index contributed by atoms with van der Waals surface area (Å²) in [6.45, 7) is 1.36. The van der Waals surface area contributed by atoms with Crippen molar-refractivity contribution in [3.8, 4) is 0 Å². The van der Waals surface area contributed by atoms with Gasteiger partial charge in [0.25, 0.3) is 0 Å². The summed E-state index contributed by atoms with van der Waals surface area (Å²) in [4.78, 5) is 14.2. The van der Waals surface area contributed by atoms with Crippen LogP contribution in [-0.4, -0.2) is 35.6 Å². The van der Waals surface area contributed by atoms with Crippen molar-refractivity contribution in [3.63, 3.8) is 0 Å². The van der Waals surface area contributed by atoms with E-state index in [-0.39, 0.29) is 11.4 Å². The first-order valence-electron chi connectivity index (χ1n) is 6.04. The molecule has 3 nitrogen and oxygen atoms in total. The third-order valence-electron chi connectivity index (χ3n) is 3.89.